The van der Waals surface area contributed by atoms with Crippen LogP contribution >= 0.6 is 11.6 Å². The summed E-state index contributed by atoms with van der Waals surface area (Å²) in [5.74, 6) is 0.113. The molecule has 0 aromatic heterocycles. The molecule has 1 aromatic rings. The molecule has 0 bridgehead atoms. The van der Waals surface area contributed by atoms with Gasteiger partial charge in [0.25, 0.3) is 0 Å². The van der Waals surface area contributed by atoms with Gasteiger partial charge in [0.1, 0.15) is 0 Å². The first-order valence-electron chi connectivity index (χ1n) is 5.53. The van der Waals surface area contributed by atoms with Crippen LogP contribution in [0.25, 0.3) is 0 Å². The van der Waals surface area contributed by atoms with E-state index in [9.17, 15) is 4.79 Å². The minimum Gasteiger partial charge on any atom is -0.383 e. The average molecular weight is 239 g/mol. The molecule has 16 heavy (non-hydrogen) atoms. The number of hydrogen-bond acceptors (Lipinski definition) is 2. The highest BCUT2D eigenvalue weighted by Gasteiger charge is 2.22. The Labute approximate surface area is 100 Å². The van der Waals surface area contributed by atoms with Gasteiger partial charge in [-0.2, -0.15) is 0 Å². The van der Waals surface area contributed by atoms with Crippen LogP contribution in [0.4, 0.5) is 5.69 Å². The Morgan fingerprint density at radius 2 is 2.12 bits per heavy atom. The second-order valence-electron chi connectivity index (χ2n) is 4.00. The fraction of sp³-hybridized carbons (Fsp3) is 0.417. The largest absolute Gasteiger partial charge is 0.383 e. The minimum absolute atomic E-state index is 0.113. The van der Waals surface area contributed by atoms with Crippen molar-refractivity contribution >= 4 is 23.2 Å². The normalized spacial score (nSPS) is 14.6. The Kier molecular flexibility index (Phi) is 3.67. The van der Waals surface area contributed by atoms with Crippen LogP contribution in [0.2, 0.25) is 5.02 Å². The molecule has 0 heterocycles. The second-order valence-corrected chi connectivity index (χ2v) is 4.41. The standard InChI is InChI=1S/C12H15ClN2O/c13-10-3-1-2-4-11(10)14-8-7-12(16)15-9-5-6-9/h1-4,9,14H,5-8H2,(H,15,16). The molecule has 1 aromatic carbocycles. The lowest BCUT2D eigenvalue weighted by molar-refractivity contribution is -0.120. The van der Waals surface area contributed by atoms with Crippen molar-refractivity contribution in [3.05, 3.63) is 29.3 Å². The Hall–Kier alpha value is -1.22. The van der Waals surface area contributed by atoms with Crippen molar-refractivity contribution in [1.82, 2.24) is 5.32 Å². The summed E-state index contributed by atoms with van der Waals surface area (Å²) in [5.41, 5.74) is 0.878. The van der Waals surface area contributed by atoms with Gasteiger partial charge < -0.3 is 10.6 Å². The van der Waals surface area contributed by atoms with Gasteiger partial charge in [0.15, 0.2) is 0 Å². The first kappa shape index (κ1) is 11.3. The number of amides is 1. The highest BCUT2D eigenvalue weighted by molar-refractivity contribution is 6.33. The van der Waals surface area contributed by atoms with E-state index < -0.39 is 0 Å². The lowest BCUT2D eigenvalue weighted by atomic mass is 10.3. The highest BCUT2D eigenvalue weighted by Crippen LogP contribution is 2.20. The number of carbonyl (C=O) groups is 1. The molecule has 0 radical (unpaired) electrons. The highest BCUT2D eigenvalue weighted by atomic mass is 35.5. The Bertz CT molecular complexity index is 377. The van der Waals surface area contributed by atoms with Crippen molar-refractivity contribution in [3.8, 4) is 0 Å². The Morgan fingerprint density at radius 1 is 1.38 bits per heavy atom. The maximum Gasteiger partial charge on any atom is 0.221 e. The number of halogens is 1. The number of carbonyl (C=O) groups excluding carboxylic acids is 1. The van der Waals surface area contributed by atoms with E-state index in [1.54, 1.807) is 0 Å². The molecule has 1 aliphatic rings. The first-order chi connectivity index (χ1) is 7.75. The number of benzene rings is 1. The molecule has 2 rings (SSSR count). The zero-order chi connectivity index (χ0) is 11.4. The number of para-hydroxylation sites is 1. The van der Waals surface area contributed by atoms with Crippen molar-refractivity contribution in [3.63, 3.8) is 0 Å². The third-order valence-corrected chi connectivity index (χ3v) is 2.81. The second kappa shape index (κ2) is 5.21. The van der Waals surface area contributed by atoms with Crippen LogP contribution in [-0.2, 0) is 4.79 Å². The van der Waals surface area contributed by atoms with Gasteiger partial charge in [-0.05, 0) is 25.0 Å². The van der Waals surface area contributed by atoms with E-state index >= 15 is 0 Å². The van der Waals surface area contributed by atoms with Gasteiger partial charge in [0.05, 0.1) is 10.7 Å². The number of nitrogens with one attached hydrogen (secondary N) is 2. The van der Waals surface area contributed by atoms with E-state index in [2.05, 4.69) is 10.6 Å². The summed E-state index contributed by atoms with van der Waals surface area (Å²) in [6, 6.07) is 7.97. The van der Waals surface area contributed by atoms with E-state index in [1.807, 2.05) is 24.3 Å². The lowest BCUT2D eigenvalue weighted by Crippen LogP contribution is -2.27. The summed E-state index contributed by atoms with van der Waals surface area (Å²) in [6.07, 6.45) is 2.75. The van der Waals surface area contributed by atoms with Crippen LogP contribution in [-0.4, -0.2) is 18.5 Å². The molecule has 0 aliphatic heterocycles. The summed E-state index contributed by atoms with van der Waals surface area (Å²) in [5, 5.41) is 6.77. The maximum atomic E-state index is 11.4. The van der Waals surface area contributed by atoms with Crippen molar-refractivity contribution in [2.75, 3.05) is 11.9 Å². The van der Waals surface area contributed by atoms with Crippen LogP contribution in [0.5, 0.6) is 0 Å². The molecular formula is C12H15ClN2O. The van der Waals surface area contributed by atoms with Crippen molar-refractivity contribution in [2.24, 2.45) is 0 Å². The summed E-state index contributed by atoms with van der Waals surface area (Å²) < 4.78 is 0. The van der Waals surface area contributed by atoms with Crippen molar-refractivity contribution in [2.45, 2.75) is 25.3 Å². The van der Waals surface area contributed by atoms with Crippen LogP contribution in [0.15, 0.2) is 24.3 Å². The van der Waals surface area contributed by atoms with Gasteiger partial charge in [0.2, 0.25) is 5.91 Å². The molecule has 2 N–H and O–H groups in total. The first-order valence-corrected chi connectivity index (χ1v) is 5.91. The van der Waals surface area contributed by atoms with Gasteiger partial charge in [-0.25, -0.2) is 0 Å². The Morgan fingerprint density at radius 3 is 2.81 bits per heavy atom. The molecule has 1 fully saturated rings. The van der Waals surface area contributed by atoms with E-state index in [-0.39, 0.29) is 5.91 Å². The van der Waals surface area contributed by atoms with E-state index in [1.165, 1.54) is 0 Å². The van der Waals surface area contributed by atoms with Crippen molar-refractivity contribution in [1.29, 1.82) is 0 Å². The molecule has 1 aliphatic carbocycles. The summed E-state index contributed by atoms with van der Waals surface area (Å²) in [7, 11) is 0. The fourth-order valence-corrected chi connectivity index (χ4v) is 1.65. The molecule has 86 valence electrons. The smallest absolute Gasteiger partial charge is 0.221 e. The molecule has 1 saturated carbocycles. The Balaban J connectivity index is 1.70. The molecule has 4 heteroatoms. The number of rotatable bonds is 5. The van der Waals surface area contributed by atoms with Crippen LogP contribution in [0, 0.1) is 0 Å². The summed E-state index contributed by atoms with van der Waals surface area (Å²) >= 11 is 5.97. The van der Waals surface area contributed by atoms with Gasteiger partial charge >= 0.3 is 0 Å². The molecule has 0 unspecified atom stereocenters. The zero-order valence-electron chi connectivity index (χ0n) is 9.00. The SMILES string of the molecule is O=C(CCNc1ccccc1Cl)NC1CC1. The van der Waals surface area contributed by atoms with Gasteiger partial charge in [0, 0.05) is 19.0 Å². The van der Waals surface area contributed by atoms with E-state index in [4.69, 9.17) is 11.6 Å². The van der Waals surface area contributed by atoms with Crippen LogP contribution in [0.1, 0.15) is 19.3 Å². The quantitative estimate of drug-likeness (QED) is 0.827. The fourth-order valence-electron chi connectivity index (χ4n) is 1.44. The average Bonchev–Trinajstić information content (AvgIpc) is 3.05. The molecule has 0 saturated heterocycles. The minimum atomic E-state index is 0.113. The van der Waals surface area contributed by atoms with Gasteiger partial charge in [-0.1, -0.05) is 23.7 Å². The van der Waals surface area contributed by atoms with Crippen LogP contribution < -0.4 is 10.6 Å². The van der Waals surface area contributed by atoms with E-state index in [0.29, 0.717) is 24.0 Å². The summed E-state index contributed by atoms with van der Waals surface area (Å²) in [6.45, 7) is 0.613. The van der Waals surface area contributed by atoms with Gasteiger partial charge in [-0.3, -0.25) is 4.79 Å². The third kappa shape index (κ3) is 3.42. The summed E-state index contributed by atoms with van der Waals surface area (Å²) in [4.78, 5) is 11.4. The predicted molar refractivity (Wildman–Crippen MR) is 65.7 cm³/mol. The topological polar surface area (TPSA) is 41.1 Å². The molecule has 0 atom stereocenters. The van der Waals surface area contributed by atoms with Crippen molar-refractivity contribution < 1.29 is 4.79 Å². The van der Waals surface area contributed by atoms with Crippen LogP contribution in [0.3, 0.4) is 0 Å². The monoisotopic (exact) mass is 238 g/mol. The molecule has 3 nitrogen and oxygen atoms in total. The molecule has 1 amide bonds. The maximum absolute atomic E-state index is 11.4. The van der Waals surface area contributed by atoms with Gasteiger partial charge in [-0.15, -0.1) is 0 Å². The third-order valence-electron chi connectivity index (χ3n) is 2.48. The lowest BCUT2D eigenvalue weighted by Gasteiger charge is -2.08. The number of hydrogen-bond donors (Lipinski definition) is 2. The predicted octanol–water partition coefficient (Wildman–Crippen LogP) is 2.42. The number of anilines is 1. The zero-order valence-corrected chi connectivity index (χ0v) is 9.76. The molecular weight excluding hydrogens is 224 g/mol. The van der Waals surface area contributed by atoms with E-state index in [0.717, 1.165) is 18.5 Å². The molecule has 0 spiro atoms.